The summed E-state index contributed by atoms with van der Waals surface area (Å²) in [6, 6.07) is 26.2. The zero-order valence-corrected chi connectivity index (χ0v) is 30.6. The maximum absolute atomic E-state index is 9.36. The molecule has 0 saturated heterocycles. The second kappa shape index (κ2) is 12.4. The molecule has 4 rings (SSSR count). The largest absolute Gasteiger partial charge is 0.192 e. The van der Waals surface area contributed by atoms with E-state index in [0.29, 0.717) is 0 Å². The van der Waals surface area contributed by atoms with Gasteiger partial charge in [-0.05, 0) is 212 Å². The molecule has 0 N–H and O–H groups in total. The lowest BCUT2D eigenvalue weighted by atomic mass is 9.98. The van der Waals surface area contributed by atoms with Crippen molar-refractivity contribution in [2.24, 2.45) is 0 Å². The Labute approximate surface area is 286 Å². The Morgan fingerprint density at radius 1 is 0.486 bits per heavy atom. The van der Waals surface area contributed by atoms with Crippen molar-refractivity contribution in [1.29, 1.82) is 10.5 Å². The molecule has 0 fully saturated rings. The van der Waals surface area contributed by atoms with Crippen LogP contribution in [0.2, 0.25) is 0 Å². The van der Waals surface area contributed by atoms with Crippen LogP contribution in [-0.2, 0) is 6.42 Å². The van der Waals surface area contributed by atoms with Crippen molar-refractivity contribution in [3.05, 3.63) is 104 Å². The summed E-state index contributed by atoms with van der Waals surface area (Å²) < 4.78 is 6.32. The van der Waals surface area contributed by atoms with E-state index >= 15 is 0 Å². The molecule has 0 aliphatic heterocycles. The molecule has 0 amide bonds. The third kappa shape index (κ3) is 6.46. The average Bonchev–Trinajstić information content (AvgIpc) is 2.79. The second-order valence-electron chi connectivity index (χ2n) is 7.66. The molecule has 0 bridgehead atoms. The zero-order chi connectivity index (χ0) is 25.3. The fraction of sp³-hybridized carbons (Fsp3) is 0.0370. The fourth-order valence-electron chi connectivity index (χ4n) is 3.71. The molecule has 0 atom stereocenters. The van der Waals surface area contributed by atoms with Gasteiger partial charge in [0.2, 0.25) is 0 Å². The highest BCUT2D eigenvalue weighted by Crippen LogP contribution is 2.33. The van der Waals surface area contributed by atoms with Gasteiger partial charge in [-0.15, -0.1) is 0 Å². The standard InChI is InChI=1S/C27H12I6N2/c28-22-6-14(1-3-18(22)16-8-24(30)20(12-34)25(31)9-16)5-15-2-4-19(23(29)7-15)17-10-26(32)21(13-35)27(33)11-17/h1-4,6-11H,5H2. The van der Waals surface area contributed by atoms with Crippen LogP contribution in [-0.4, -0.2) is 0 Å². The molecule has 4 aromatic carbocycles. The van der Waals surface area contributed by atoms with Crippen LogP contribution in [0.25, 0.3) is 22.3 Å². The summed E-state index contributed by atoms with van der Waals surface area (Å²) in [4.78, 5) is 0. The minimum Gasteiger partial charge on any atom is -0.192 e. The first-order valence-corrected chi connectivity index (χ1v) is 16.5. The van der Waals surface area contributed by atoms with Crippen LogP contribution < -0.4 is 0 Å². The van der Waals surface area contributed by atoms with E-state index in [9.17, 15) is 10.5 Å². The van der Waals surface area contributed by atoms with Gasteiger partial charge in [-0.2, -0.15) is 10.5 Å². The fourth-order valence-corrected chi connectivity index (χ4v) is 9.51. The Balaban J connectivity index is 1.60. The van der Waals surface area contributed by atoms with Crippen LogP contribution in [0.5, 0.6) is 0 Å². The van der Waals surface area contributed by atoms with Gasteiger partial charge in [0.1, 0.15) is 12.1 Å². The quantitative estimate of drug-likeness (QED) is 0.191. The third-order valence-electron chi connectivity index (χ3n) is 5.41. The Bertz CT molecular complexity index is 1400. The van der Waals surface area contributed by atoms with Crippen molar-refractivity contribution in [2.45, 2.75) is 6.42 Å². The van der Waals surface area contributed by atoms with E-state index in [1.54, 1.807) is 0 Å². The van der Waals surface area contributed by atoms with Crippen LogP contribution in [0.15, 0.2) is 60.7 Å². The molecule has 4 aromatic rings. The predicted molar refractivity (Wildman–Crippen MR) is 192 cm³/mol. The molecule has 35 heavy (non-hydrogen) atoms. The number of nitriles is 2. The van der Waals surface area contributed by atoms with Crippen molar-refractivity contribution in [3.8, 4) is 34.4 Å². The Hall–Kier alpha value is 0.240. The molecule has 8 heteroatoms. The lowest BCUT2D eigenvalue weighted by Crippen LogP contribution is -1.95. The lowest BCUT2D eigenvalue weighted by Gasteiger charge is -2.12. The van der Waals surface area contributed by atoms with Crippen molar-refractivity contribution < 1.29 is 0 Å². The monoisotopic (exact) mass is 1130 g/mol. The van der Waals surface area contributed by atoms with Crippen LogP contribution >= 0.6 is 136 Å². The predicted octanol–water partition coefficient (Wildman–Crippen LogP) is 9.98. The summed E-state index contributed by atoms with van der Waals surface area (Å²) in [6.07, 6.45) is 0.859. The van der Waals surface area contributed by atoms with Gasteiger partial charge in [-0.3, -0.25) is 0 Å². The number of hydrogen-bond donors (Lipinski definition) is 0. The van der Waals surface area contributed by atoms with Gasteiger partial charge in [0, 0.05) is 21.4 Å². The summed E-state index contributed by atoms with van der Waals surface area (Å²) >= 11 is 13.8. The summed E-state index contributed by atoms with van der Waals surface area (Å²) in [6.45, 7) is 0. The molecule has 0 aliphatic rings. The highest BCUT2D eigenvalue weighted by atomic mass is 127. The van der Waals surface area contributed by atoms with Crippen LogP contribution in [0.3, 0.4) is 0 Å². The molecule has 0 radical (unpaired) electrons. The Kier molecular flexibility index (Phi) is 10.0. The SMILES string of the molecule is N#Cc1c(I)cc(-c2ccc(Cc3ccc(-c4cc(I)c(C#N)c(I)c4)c(I)c3)cc2I)cc1I. The summed E-state index contributed by atoms with van der Waals surface area (Å²) in [5.41, 5.74) is 8.66. The van der Waals surface area contributed by atoms with Gasteiger partial charge in [0.25, 0.3) is 0 Å². The van der Waals surface area contributed by atoms with Crippen molar-refractivity contribution in [3.63, 3.8) is 0 Å². The van der Waals surface area contributed by atoms with Gasteiger partial charge >= 0.3 is 0 Å². The molecule has 0 aromatic heterocycles. The second-order valence-corrected chi connectivity index (χ2v) is 14.6. The maximum Gasteiger partial charge on any atom is 0.101 e. The van der Waals surface area contributed by atoms with E-state index in [2.05, 4.69) is 208 Å². The van der Waals surface area contributed by atoms with E-state index in [1.165, 1.54) is 29.4 Å². The van der Waals surface area contributed by atoms with Crippen molar-refractivity contribution >= 4 is 136 Å². The Morgan fingerprint density at radius 2 is 0.829 bits per heavy atom. The first kappa shape index (κ1) is 28.3. The number of nitrogens with zero attached hydrogens (tertiary/aromatic N) is 2. The van der Waals surface area contributed by atoms with Crippen molar-refractivity contribution in [2.75, 3.05) is 0 Å². The van der Waals surface area contributed by atoms with Gasteiger partial charge in [0.15, 0.2) is 0 Å². The van der Waals surface area contributed by atoms with E-state index in [1.807, 2.05) is 0 Å². The van der Waals surface area contributed by atoms with Crippen LogP contribution in [0.1, 0.15) is 22.3 Å². The minimum atomic E-state index is 0.741. The summed E-state index contributed by atoms with van der Waals surface area (Å²) in [5.74, 6) is 0. The molecular formula is C27H12I6N2. The molecule has 0 heterocycles. The topological polar surface area (TPSA) is 47.6 Å². The molecule has 172 valence electrons. The normalized spacial score (nSPS) is 10.6. The molecule has 0 unspecified atom stereocenters. The molecule has 0 saturated carbocycles. The summed E-state index contributed by atoms with van der Waals surface area (Å²) in [7, 11) is 0. The van der Waals surface area contributed by atoms with Gasteiger partial charge in [-0.1, -0.05) is 24.3 Å². The van der Waals surface area contributed by atoms with E-state index in [4.69, 9.17) is 0 Å². The molecular weight excluding hydrogens is 1110 g/mol. The Morgan fingerprint density at radius 3 is 1.11 bits per heavy atom. The third-order valence-corrected chi connectivity index (χ3v) is 10.6. The average molecular weight is 1130 g/mol. The number of rotatable bonds is 4. The summed E-state index contributed by atoms with van der Waals surface area (Å²) in [5, 5.41) is 18.7. The number of hydrogen-bond acceptors (Lipinski definition) is 2. The smallest absolute Gasteiger partial charge is 0.101 e. The lowest BCUT2D eigenvalue weighted by molar-refractivity contribution is 1.18. The van der Waals surface area contributed by atoms with E-state index in [-0.39, 0.29) is 0 Å². The molecule has 0 aliphatic carbocycles. The first-order chi connectivity index (χ1) is 16.7. The zero-order valence-electron chi connectivity index (χ0n) is 17.6. The minimum absolute atomic E-state index is 0.741. The van der Waals surface area contributed by atoms with Crippen LogP contribution in [0, 0.1) is 44.1 Å². The molecule has 2 nitrogen and oxygen atoms in total. The highest BCUT2D eigenvalue weighted by Gasteiger charge is 2.13. The maximum atomic E-state index is 9.36. The number of halogens is 6. The van der Waals surface area contributed by atoms with E-state index < -0.39 is 0 Å². The van der Waals surface area contributed by atoms with Gasteiger partial charge in [0.05, 0.1) is 11.1 Å². The van der Waals surface area contributed by atoms with Crippen molar-refractivity contribution in [1.82, 2.24) is 0 Å². The number of benzene rings is 4. The highest BCUT2D eigenvalue weighted by molar-refractivity contribution is 14.1. The van der Waals surface area contributed by atoms with Gasteiger partial charge in [-0.25, -0.2) is 0 Å². The van der Waals surface area contributed by atoms with Crippen LogP contribution in [0.4, 0.5) is 0 Å². The first-order valence-electron chi connectivity index (χ1n) is 10.1. The van der Waals surface area contributed by atoms with E-state index in [0.717, 1.165) is 43.0 Å². The molecule has 0 spiro atoms. The van der Waals surface area contributed by atoms with Gasteiger partial charge < -0.3 is 0 Å².